The number of nitrogens with zero attached hydrogens (tertiary/aromatic N) is 1. The Balaban J connectivity index is 1.43. The maximum Gasteiger partial charge on any atom is 0.329 e. The van der Waals surface area contributed by atoms with Crippen molar-refractivity contribution in [1.29, 1.82) is 0 Å². The number of hydrogen-bond donors (Lipinski definition) is 3. The van der Waals surface area contributed by atoms with Gasteiger partial charge in [-0.05, 0) is 66.2 Å². The second kappa shape index (κ2) is 12.0. The molecule has 11 heteroatoms. The lowest BCUT2D eigenvalue weighted by atomic mass is 10.2. The molecule has 0 spiro atoms. The van der Waals surface area contributed by atoms with Gasteiger partial charge in [-0.3, -0.25) is 14.4 Å². The van der Waals surface area contributed by atoms with Gasteiger partial charge in [0.2, 0.25) is 0 Å². The van der Waals surface area contributed by atoms with Gasteiger partial charge in [0.1, 0.15) is 5.75 Å². The molecule has 0 aliphatic carbocycles. The molecule has 8 nitrogen and oxygen atoms in total. The van der Waals surface area contributed by atoms with Crippen LogP contribution >= 0.6 is 34.8 Å². The van der Waals surface area contributed by atoms with Crippen LogP contribution < -0.4 is 20.8 Å². The van der Waals surface area contributed by atoms with Crippen molar-refractivity contribution in [2.45, 2.75) is 0 Å². The van der Waals surface area contributed by atoms with Gasteiger partial charge >= 0.3 is 11.8 Å². The zero-order valence-electron chi connectivity index (χ0n) is 17.3. The molecule has 3 N–H and O–H groups in total. The summed E-state index contributed by atoms with van der Waals surface area (Å²) in [5.41, 5.74) is 3.64. The van der Waals surface area contributed by atoms with E-state index in [1.807, 2.05) is 0 Å². The first-order valence-corrected chi connectivity index (χ1v) is 10.8. The van der Waals surface area contributed by atoms with Crippen LogP contribution in [0.3, 0.4) is 0 Å². The Morgan fingerprint density at radius 2 is 1.56 bits per heavy atom. The number of carbonyl (C=O) groups excluding carboxylic acids is 3. The predicted octanol–water partition coefficient (Wildman–Crippen LogP) is 4.75. The minimum atomic E-state index is -0.965. The van der Waals surface area contributed by atoms with Gasteiger partial charge in [0, 0.05) is 16.4 Å². The quantitative estimate of drug-likeness (QED) is 0.238. The van der Waals surface area contributed by atoms with E-state index < -0.39 is 11.8 Å². The third kappa shape index (κ3) is 7.77. The van der Waals surface area contributed by atoms with E-state index in [1.165, 1.54) is 24.4 Å². The lowest BCUT2D eigenvalue weighted by Gasteiger charge is -2.08. The molecule has 0 saturated heterocycles. The fourth-order valence-corrected chi connectivity index (χ4v) is 3.03. The molecular formula is C23H17Cl3N4O4. The summed E-state index contributed by atoms with van der Waals surface area (Å²) < 4.78 is 5.44. The molecule has 3 amide bonds. The summed E-state index contributed by atoms with van der Waals surface area (Å²) in [5.74, 6) is -1.76. The van der Waals surface area contributed by atoms with Crippen LogP contribution in [0, 0.1) is 0 Å². The van der Waals surface area contributed by atoms with E-state index in [-0.39, 0.29) is 17.5 Å². The molecule has 3 rings (SSSR count). The number of nitrogens with one attached hydrogen (secondary N) is 3. The SMILES string of the molecule is O=C(COc1ccc(/C=N\NC(=O)C(=O)Nc2ccc(Cl)c(Cl)c2)cc1)Nc1cccc(Cl)c1. The van der Waals surface area contributed by atoms with Gasteiger partial charge in [0.25, 0.3) is 5.91 Å². The molecule has 34 heavy (non-hydrogen) atoms. The van der Waals surface area contributed by atoms with Gasteiger partial charge in [-0.15, -0.1) is 0 Å². The van der Waals surface area contributed by atoms with Crippen molar-refractivity contribution in [3.63, 3.8) is 0 Å². The van der Waals surface area contributed by atoms with Gasteiger partial charge in [0.05, 0.1) is 16.3 Å². The average molecular weight is 520 g/mol. The molecule has 3 aromatic carbocycles. The van der Waals surface area contributed by atoms with Crippen LogP contribution in [0.1, 0.15) is 5.56 Å². The summed E-state index contributed by atoms with van der Waals surface area (Å²) >= 11 is 17.6. The summed E-state index contributed by atoms with van der Waals surface area (Å²) in [6.45, 7) is -0.191. The van der Waals surface area contributed by atoms with Gasteiger partial charge in [-0.25, -0.2) is 5.43 Å². The van der Waals surface area contributed by atoms with Gasteiger partial charge in [-0.2, -0.15) is 5.10 Å². The molecule has 0 aliphatic heterocycles. The van der Waals surface area contributed by atoms with E-state index >= 15 is 0 Å². The number of amides is 3. The number of ether oxygens (including phenoxy) is 1. The molecular weight excluding hydrogens is 503 g/mol. The maximum atomic E-state index is 12.0. The Bertz CT molecular complexity index is 1230. The van der Waals surface area contributed by atoms with Crippen molar-refractivity contribution in [2.24, 2.45) is 5.10 Å². The van der Waals surface area contributed by atoms with Crippen LogP contribution in [0.25, 0.3) is 0 Å². The average Bonchev–Trinajstić information content (AvgIpc) is 2.81. The lowest BCUT2D eigenvalue weighted by Crippen LogP contribution is -2.32. The number of anilines is 2. The van der Waals surface area contributed by atoms with Crippen LogP contribution in [0.4, 0.5) is 11.4 Å². The highest BCUT2D eigenvalue weighted by Gasteiger charge is 2.13. The van der Waals surface area contributed by atoms with Crippen LogP contribution in [0.2, 0.25) is 15.1 Å². The van der Waals surface area contributed by atoms with Crippen molar-refractivity contribution in [1.82, 2.24) is 5.43 Å². The van der Waals surface area contributed by atoms with Crippen molar-refractivity contribution in [3.05, 3.63) is 87.4 Å². The summed E-state index contributed by atoms with van der Waals surface area (Å²) in [5, 5.41) is 9.89. The Morgan fingerprint density at radius 1 is 0.824 bits per heavy atom. The molecule has 0 aromatic heterocycles. The number of benzene rings is 3. The van der Waals surface area contributed by atoms with Gasteiger partial charge in [0.15, 0.2) is 6.61 Å². The zero-order chi connectivity index (χ0) is 24.5. The largest absolute Gasteiger partial charge is 0.484 e. The molecule has 0 aliphatic rings. The highest BCUT2D eigenvalue weighted by Crippen LogP contribution is 2.24. The molecule has 174 valence electrons. The monoisotopic (exact) mass is 518 g/mol. The molecule has 3 aromatic rings. The van der Waals surface area contributed by atoms with Crippen LogP contribution in [-0.2, 0) is 14.4 Å². The third-order valence-electron chi connectivity index (χ3n) is 4.12. The molecule has 0 heterocycles. The fourth-order valence-electron chi connectivity index (χ4n) is 2.54. The molecule has 0 bridgehead atoms. The summed E-state index contributed by atoms with van der Waals surface area (Å²) in [7, 11) is 0. The minimum absolute atomic E-state index is 0.191. The zero-order valence-corrected chi connectivity index (χ0v) is 19.6. The van der Waals surface area contributed by atoms with Gasteiger partial charge in [-0.1, -0.05) is 40.9 Å². The second-order valence-corrected chi connectivity index (χ2v) is 7.95. The first-order valence-electron chi connectivity index (χ1n) is 9.68. The summed E-state index contributed by atoms with van der Waals surface area (Å²) in [4.78, 5) is 35.8. The highest BCUT2D eigenvalue weighted by atomic mass is 35.5. The number of rotatable bonds is 7. The molecule has 0 saturated carbocycles. The lowest BCUT2D eigenvalue weighted by molar-refractivity contribution is -0.136. The smallest absolute Gasteiger partial charge is 0.329 e. The number of carbonyl (C=O) groups is 3. The Morgan fingerprint density at radius 3 is 2.26 bits per heavy atom. The third-order valence-corrected chi connectivity index (χ3v) is 5.10. The van der Waals surface area contributed by atoms with E-state index in [2.05, 4.69) is 21.2 Å². The molecule has 0 fully saturated rings. The summed E-state index contributed by atoms with van der Waals surface area (Å²) in [6, 6.07) is 17.8. The van der Waals surface area contributed by atoms with E-state index in [0.717, 1.165) is 0 Å². The molecule has 0 atom stereocenters. The standard InChI is InChI=1S/C23H17Cl3N4O4/c24-15-2-1-3-16(10-15)28-21(31)13-34-18-7-4-14(5-8-18)12-27-30-23(33)22(32)29-17-6-9-19(25)20(26)11-17/h1-12H,13H2,(H,28,31)(H,29,32)(H,30,33)/b27-12-. The number of hydrazone groups is 1. The Labute approximate surface area is 209 Å². The molecule has 0 radical (unpaired) electrons. The van der Waals surface area contributed by atoms with Crippen LogP contribution in [0.15, 0.2) is 71.8 Å². The normalized spacial score (nSPS) is 10.6. The Kier molecular flexibility index (Phi) is 8.86. The number of halogens is 3. The van der Waals surface area contributed by atoms with Crippen molar-refractivity contribution < 1.29 is 19.1 Å². The van der Waals surface area contributed by atoms with Crippen LogP contribution in [-0.4, -0.2) is 30.5 Å². The topological polar surface area (TPSA) is 109 Å². The fraction of sp³-hybridized carbons (Fsp3) is 0.0435. The van der Waals surface area contributed by atoms with E-state index in [4.69, 9.17) is 39.5 Å². The predicted molar refractivity (Wildman–Crippen MR) is 133 cm³/mol. The van der Waals surface area contributed by atoms with E-state index in [9.17, 15) is 14.4 Å². The first kappa shape index (κ1) is 25.0. The van der Waals surface area contributed by atoms with Crippen molar-refractivity contribution in [3.8, 4) is 5.75 Å². The number of hydrogen-bond acceptors (Lipinski definition) is 5. The van der Waals surface area contributed by atoms with Crippen molar-refractivity contribution >= 4 is 70.1 Å². The first-order chi connectivity index (χ1) is 16.3. The van der Waals surface area contributed by atoms with Crippen LogP contribution in [0.5, 0.6) is 5.75 Å². The second-order valence-electron chi connectivity index (χ2n) is 6.70. The molecule has 0 unspecified atom stereocenters. The maximum absolute atomic E-state index is 12.0. The highest BCUT2D eigenvalue weighted by molar-refractivity contribution is 6.43. The van der Waals surface area contributed by atoms with Crippen molar-refractivity contribution in [2.75, 3.05) is 17.2 Å². The van der Waals surface area contributed by atoms with E-state index in [1.54, 1.807) is 48.5 Å². The van der Waals surface area contributed by atoms with E-state index in [0.29, 0.717) is 32.7 Å². The Hall–Kier alpha value is -3.59. The summed E-state index contributed by atoms with van der Waals surface area (Å²) in [6.07, 6.45) is 1.35. The minimum Gasteiger partial charge on any atom is -0.484 e. The van der Waals surface area contributed by atoms with Gasteiger partial charge < -0.3 is 15.4 Å².